The molecule has 0 aromatic heterocycles. The Morgan fingerprint density at radius 3 is 2.85 bits per heavy atom. The molecule has 2 atom stereocenters. The van der Waals surface area contributed by atoms with E-state index in [1.54, 1.807) is 0 Å². The number of methoxy groups -OCH3 is 1. The van der Waals surface area contributed by atoms with E-state index in [9.17, 15) is 0 Å². The van der Waals surface area contributed by atoms with Crippen LogP contribution in [0.2, 0.25) is 0 Å². The van der Waals surface area contributed by atoms with Gasteiger partial charge in [-0.15, -0.1) is 0 Å². The molecule has 0 bridgehead atoms. The van der Waals surface area contributed by atoms with Crippen molar-refractivity contribution in [3.8, 4) is 0 Å². The van der Waals surface area contributed by atoms with Crippen molar-refractivity contribution in [2.45, 2.75) is 38.3 Å². The summed E-state index contributed by atoms with van der Waals surface area (Å²) < 4.78 is 6.85. The average molecular weight is 341 g/mol. The summed E-state index contributed by atoms with van der Waals surface area (Å²) in [5, 5.41) is 3.34. The molecule has 1 aromatic rings. The molecule has 1 fully saturated rings. The van der Waals surface area contributed by atoms with Gasteiger partial charge in [-0.1, -0.05) is 22.0 Å². The van der Waals surface area contributed by atoms with Crippen molar-refractivity contribution in [2.75, 3.05) is 32.1 Å². The lowest BCUT2D eigenvalue weighted by Gasteiger charge is -2.41. The predicted molar refractivity (Wildman–Crippen MR) is 88.5 cm³/mol. The summed E-state index contributed by atoms with van der Waals surface area (Å²) in [5.41, 5.74) is 2.61. The first-order chi connectivity index (χ1) is 9.49. The van der Waals surface area contributed by atoms with E-state index in [1.165, 1.54) is 17.7 Å². The lowest BCUT2D eigenvalue weighted by molar-refractivity contribution is -0.00469. The number of ether oxygens (including phenoxy) is 1. The third-order valence-electron chi connectivity index (χ3n) is 4.38. The number of halogens is 1. The maximum atomic E-state index is 5.72. The lowest BCUT2D eigenvalue weighted by atomic mass is 9.93. The van der Waals surface area contributed by atoms with Crippen LogP contribution >= 0.6 is 15.9 Å². The van der Waals surface area contributed by atoms with Crippen LogP contribution in [0.1, 0.15) is 38.3 Å². The molecule has 0 saturated carbocycles. The Hall–Kier alpha value is -0.580. The highest BCUT2D eigenvalue weighted by atomic mass is 79.9. The highest BCUT2D eigenvalue weighted by Crippen LogP contribution is 2.34. The Bertz CT molecular complexity index is 466. The maximum Gasteiger partial charge on any atom is 0.0825 e. The minimum atomic E-state index is -0.0410. The van der Waals surface area contributed by atoms with E-state index in [2.05, 4.69) is 58.2 Å². The molecular weight excluding hydrogens is 316 g/mol. The van der Waals surface area contributed by atoms with Gasteiger partial charge in [-0.25, -0.2) is 0 Å². The molecule has 2 unspecified atom stereocenters. The number of anilines is 1. The Balaban J connectivity index is 2.33. The molecule has 1 N–H and O–H groups in total. The smallest absolute Gasteiger partial charge is 0.0825 e. The summed E-state index contributed by atoms with van der Waals surface area (Å²) in [7, 11) is 3.83. The van der Waals surface area contributed by atoms with E-state index in [4.69, 9.17) is 4.74 Å². The van der Waals surface area contributed by atoms with Gasteiger partial charge in [0.05, 0.1) is 5.60 Å². The minimum absolute atomic E-state index is 0.0410. The van der Waals surface area contributed by atoms with Crippen LogP contribution in [0.4, 0.5) is 5.69 Å². The van der Waals surface area contributed by atoms with E-state index in [-0.39, 0.29) is 5.60 Å². The highest BCUT2D eigenvalue weighted by Gasteiger charge is 2.32. The van der Waals surface area contributed by atoms with Crippen LogP contribution < -0.4 is 10.2 Å². The van der Waals surface area contributed by atoms with Crippen LogP contribution in [0.5, 0.6) is 0 Å². The first-order valence-corrected chi connectivity index (χ1v) is 8.05. The van der Waals surface area contributed by atoms with Crippen LogP contribution in [0, 0.1) is 0 Å². The Morgan fingerprint density at radius 2 is 2.20 bits per heavy atom. The number of nitrogens with one attached hydrogen (secondary N) is 1. The van der Waals surface area contributed by atoms with E-state index < -0.39 is 0 Å². The molecule has 3 nitrogen and oxygen atoms in total. The van der Waals surface area contributed by atoms with Crippen molar-refractivity contribution in [1.82, 2.24) is 5.32 Å². The molecule has 0 spiro atoms. The average Bonchev–Trinajstić information content (AvgIpc) is 2.46. The number of benzene rings is 1. The SMILES string of the molecule is CNC(C)c1ccc(Br)cc1N1CCCC(C)(OC)C1. The van der Waals surface area contributed by atoms with Crippen molar-refractivity contribution < 1.29 is 4.74 Å². The molecule has 1 aliphatic heterocycles. The van der Waals surface area contributed by atoms with Gasteiger partial charge in [0, 0.05) is 36.4 Å². The standard InChI is InChI=1S/C16H25BrN2O/c1-12(18-3)14-7-6-13(17)10-15(14)19-9-5-8-16(2,11-19)20-4/h6-7,10,12,18H,5,8-9,11H2,1-4H3. The third-order valence-corrected chi connectivity index (χ3v) is 4.88. The normalized spacial score (nSPS) is 24.8. The van der Waals surface area contributed by atoms with Crippen LogP contribution in [0.25, 0.3) is 0 Å². The number of hydrogen-bond donors (Lipinski definition) is 1. The van der Waals surface area contributed by atoms with Gasteiger partial charge in [-0.3, -0.25) is 0 Å². The topological polar surface area (TPSA) is 24.5 Å². The van der Waals surface area contributed by atoms with Gasteiger partial charge >= 0.3 is 0 Å². The van der Waals surface area contributed by atoms with Crippen LogP contribution in [-0.4, -0.2) is 32.8 Å². The largest absolute Gasteiger partial charge is 0.377 e. The molecule has 0 amide bonds. The summed E-state index contributed by atoms with van der Waals surface area (Å²) in [6, 6.07) is 6.89. The Morgan fingerprint density at radius 1 is 1.45 bits per heavy atom. The summed E-state index contributed by atoms with van der Waals surface area (Å²) in [6.45, 7) is 6.45. The summed E-state index contributed by atoms with van der Waals surface area (Å²) >= 11 is 3.60. The third kappa shape index (κ3) is 3.35. The van der Waals surface area contributed by atoms with Crippen molar-refractivity contribution in [2.24, 2.45) is 0 Å². The minimum Gasteiger partial charge on any atom is -0.377 e. The van der Waals surface area contributed by atoms with Crippen molar-refractivity contribution in [3.63, 3.8) is 0 Å². The van der Waals surface area contributed by atoms with E-state index in [1.807, 2.05) is 14.2 Å². The predicted octanol–water partition coefficient (Wildman–Crippen LogP) is 3.73. The molecule has 0 aliphatic carbocycles. The fraction of sp³-hybridized carbons (Fsp3) is 0.625. The van der Waals surface area contributed by atoms with Crippen LogP contribution in [0.15, 0.2) is 22.7 Å². The first kappa shape index (κ1) is 15.8. The van der Waals surface area contributed by atoms with Gasteiger partial charge in [0.15, 0.2) is 0 Å². The van der Waals surface area contributed by atoms with Crippen molar-refractivity contribution in [1.29, 1.82) is 0 Å². The molecule has 1 aliphatic rings. The number of nitrogens with zero attached hydrogens (tertiary/aromatic N) is 1. The molecule has 1 aromatic carbocycles. The molecule has 2 rings (SSSR count). The van der Waals surface area contributed by atoms with Crippen LogP contribution in [0.3, 0.4) is 0 Å². The molecule has 112 valence electrons. The summed E-state index contributed by atoms with van der Waals surface area (Å²) in [6.07, 6.45) is 2.30. The van der Waals surface area contributed by atoms with Gasteiger partial charge in [0.25, 0.3) is 0 Å². The molecule has 1 heterocycles. The lowest BCUT2D eigenvalue weighted by Crippen LogP contribution is -2.47. The molecular formula is C16H25BrN2O. The summed E-state index contributed by atoms with van der Waals surface area (Å²) in [5.74, 6) is 0. The van der Waals surface area contributed by atoms with E-state index in [0.29, 0.717) is 6.04 Å². The molecule has 1 saturated heterocycles. The number of hydrogen-bond acceptors (Lipinski definition) is 3. The van der Waals surface area contributed by atoms with Crippen LogP contribution in [-0.2, 0) is 4.74 Å². The highest BCUT2D eigenvalue weighted by molar-refractivity contribution is 9.10. The monoisotopic (exact) mass is 340 g/mol. The Labute approximate surface area is 130 Å². The van der Waals surface area contributed by atoms with Gasteiger partial charge in [-0.05, 0) is 51.4 Å². The second-order valence-corrected chi connectivity index (χ2v) is 6.81. The molecule has 20 heavy (non-hydrogen) atoms. The van der Waals surface area contributed by atoms with Gasteiger partial charge in [0.2, 0.25) is 0 Å². The number of rotatable bonds is 4. The first-order valence-electron chi connectivity index (χ1n) is 7.26. The zero-order chi connectivity index (χ0) is 14.8. The maximum absolute atomic E-state index is 5.72. The molecule has 0 radical (unpaired) electrons. The van der Waals surface area contributed by atoms with E-state index >= 15 is 0 Å². The van der Waals surface area contributed by atoms with Gasteiger partial charge < -0.3 is 15.0 Å². The molecule has 4 heteroatoms. The number of piperidine rings is 1. The fourth-order valence-electron chi connectivity index (χ4n) is 2.89. The zero-order valence-corrected chi connectivity index (χ0v) is 14.5. The fourth-order valence-corrected chi connectivity index (χ4v) is 3.24. The van der Waals surface area contributed by atoms with Crippen molar-refractivity contribution in [3.05, 3.63) is 28.2 Å². The Kier molecular flexibility index (Phi) is 5.10. The van der Waals surface area contributed by atoms with Gasteiger partial charge in [-0.2, -0.15) is 0 Å². The quantitative estimate of drug-likeness (QED) is 0.903. The van der Waals surface area contributed by atoms with Crippen molar-refractivity contribution >= 4 is 21.6 Å². The second-order valence-electron chi connectivity index (χ2n) is 5.89. The summed E-state index contributed by atoms with van der Waals surface area (Å²) in [4.78, 5) is 2.46. The van der Waals surface area contributed by atoms with E-state index in [0.717, 1.165) is 24.0 Å². The van der Waals surface area contributed by atoms with Gasteiger partial charge in [0.1, 0.15) is 0 Å². The second kappa shape index (κ2) is 6.46. The zero-order valence-electron chi connectivity index (χ0n) is 12.9.